The molecule has 0 fully saturated rings. The van der Waals surface area contributed by atoms with Gasteiger partial charge < -0.3 is 10.5 Å². The molecule has 2 nitrogen and oxygen atoms in total. The fraction of sp³-hybridized carbons (Fsp3) is 0.250. The Labute approximate surface area is 142 Å². The van der Waals surface area contributed by atoms with Gasteiger partial charge in [0.1, 0.15) is 5.75 Å². The zero-order valence-corrected chi connectivity index (χ0v) is 15.0. The van der Waals surface area contributed by atoms with E-state index in [4.69, 9.17) is 10.5 Å². The molecule has 0 saturated carbocycles. The Kier molecular flexibility index (Phi) is 5.86. The summed E-state index contributed by atoms with van der Waals surface area (Å²) in [4.78, 5) is 0. The van der Waals surface area contributed by atoms with Crippen LogP contribution in [0.1, 0.15) is 30.5 Å². The van der Waals surface area contributed by atoms with Gasteiger partial charge in [0.05, 0.1) is 17.1 Å². The quantitative estimate of drug-likeness (QED) is 0.665. The van der Waals surface area contributed by atoms with E-state index in [0.29, 0.717) is 0 Å². The molecule has 0 aliphatic rings. The molecule has 0 heterocycles. The average Bonchev–Trinajstić information content (AvgIpc) is 2.46. The minimum Gasteiger partial charge on any atom is -0.492 e. The highest BCUT2D eigenvalue weighted by atomic mass is 127. The first-order chi connectivity index (χ1) is 9.61. The molecule has 1 atom stereocenters. The van der Waals surface area contributed by atoms with Gasteiger partial charge in [0, 0.05) is 3.57 Å². The van der Waals surface area contributed by atoms with Crippen LogP contribution in [-0.4, -0.2) is 6.61 Å². The summed E-state index contributed by atoms with van der Waals surface area (Å²) >= 11 is 5.84. The molecule has 4 heteroatoms. The summed E-state index contributed by atoms with van der Waals surface area (Å²) in [6.07, 6.45) is 0.996. The van der Waals surface area contributed by atoms with Gasteiger partial charge in [0.15, 0.2) is 0 Å². The van der Waals surface area contributed by atoms with Gasteiger partial charge in [-0.3, -0.25) is 0 Å². The van der Waals surface area contributed by atoms with Crippen LogP contribution in [0.5, 0.6) is 5.75 Å². The third-order valence-electron chi connectivity index (χ3n) is 3.01. The van der Waals surface area contributed by atoms with E-state index in [-0.39, 0.29) is 6.04 Å². The maximum absolute atomic E-state index is 6.32. The van der Waals surface area contributed by atoms with Crippen molar-refractivity contribution in [3.8, 4) is 5.75 Å². The number of rotatable bonds is 5. The monoisotopic (exact) mass is 445 g/mol. The van der Waals surface area contributed by atoms with Crippen LogP contribution in [0.2, 0.25) is 0 Å². The zero-order valence-electron chi connectivity index (χ0n) is 11.3. The number of nitrogens with two attached hydrogens (primary N) is 1. The van der Waals surface area contributed by atoms with Crippen molar-refractivity contribution in [1.82, 2.24) is 0 Å². The third kappa shape index (κ3) is 3.96. The highest BCUT2D eigenvalue weighted by Crippen LogP contribution is 2.30. The smallest absolute Gasteiger partial charge is 0.133 e. The predicted molar refractivity (Wildman–Crippen MR) is 95.1 cm³/mol. The second-order valence-corrected chi connectivity index (χ2v) is 6.67. The highest BCUT2D eigenvalue weighted by Gasteiger charge is 2.11. The Morgan fingerprint density at radius 3 is 2.40 bits per heavy atom. The second kappa shape index (κ2) is 7.43. The number of ether oxygens (including phenoxy) is 1. The molecule has 0 bridgehead atoms. The summed E-state index contributed by atoms with van der Waals surface area (Å²) in [6.45, 7) is 2.82. The summed E-state index contributed by atoms with van der Waals surface area (Å²) in [5.41, 5.74) is 8.50. The molecule has 2 rings (SSSR count). The van der Waals surface area contributed by atoms with Crippen LogP contribution in [0.4, 0.5) is 0 Å². The van der Waals surface area contributed by atoms with Gasteiger partial charge in [-0.05, 0) is 80.3 Å². The topological polar surface area (TPSA) is 35.2 Å². The van der Waals surface area contributed by atoms with Gasteiger partial charge in [0.2, 0.25) is 0 Å². The molecule has 0 aromatic heterocycles. The first-order valence-electron chi connectivity index (χ1n) is 6.55. The van der Waals surface area contributed by atoms with E-state index in [2.05, 4.69) is 69.7 Å². The summed E-state index contributed by atoms with van der Waals surface area (Å²) in [7, 11) is 0. The molecule has 2 N–H and O–H groups in total. The largest absolute Gasteiger partial charge is 0.492 e. The predicted octanol–water partition coefficient (Wildman–Crippen LogP) is 4.89. The van der Waals surface area contributed by atoms with Crippen molar-refractivity contribution >= 4 is 38.5 Å². The fourth-order valence-corrected chi connectivity index (χ4v) is 2.77. The summed E-state index contributed by atoms with van der Waals surface area (Å²) in [5, 5.41) is 0. The van der Waals surface area contributed by atoms with Crippen molar-refractivity contribution in [3.05, 3.63) is 61.6 Å². The fourth-order valence-electron chi connectivity index (χ4n) is 1.90. The lowest BCUT2D eigenvalue weighted by atomic mass is 10.00. The SMILES string of the molecule is CCCOc1ccc(C(N)c2ccc(I)cc2)cc1Br. The molecule has 0 saturated heterocycles. The van der Waals surface area contributed by atoms with Crippen molar-refractivity contribution in [2.45, 2.75) is 19.4 Å². The number of benzene rings is 2. The van der Waals surface area contributed by atoms with Crippen molar-refractivity contribution in [1.29, 1.82) is 0 Å². The van der Waals surface area contributed by atoms with Crippen molar-refractivity contribution in [3.63, 3.8) is 0 Å². The van der Waals surface area contributed by atoms with E-state index in [9.17, 15) is 0 Å². The van der Waals surface area contributed by atoms with Crippen molar-refractivity contribution in [2.24, 2.45) is 5.73 Å². The van der Waals surface area contributed by atoms with E-state index in [1.54, 1.807) is 0 Å². The molecule has 0 aliphatic heterocycles. The number of hydrogen-bond acceptors (Lipinski definition) is 2. The summed E-state index contributed by atoms with van der Waals surface area (Å²) in [6, 6.07) is 14.2. The molecule has 1 unspecified atom stereocenters. The van der Waals surface area contributed by atoms with Crippen LogP contribution < -0.4 is 10.5 Å². The Morgan fingerprint density at radius 2 is 1.80 bits per heavy atom. The summed E-state index contributed by atoms with van der Waals surface area (Å²) < 4.78 is 7.81. The molecule has 20 heavy (non-hydrogen) atoms. The molecular formula is C16H17BrINO. The van der Waals surface area contributed by atoms with Crippen molar-refractivity contribution in [2.75, 3.05) is 6.61 Å². The van der Waals surface area contributed by atoms with E-state index < -0.39 is 0 Å². The Morgan fingerprint density at radius 1 is 1.15 bits per heavy atom. The lowest BCUT2D eigenvalue weighted by Crippen LogP contribution is -2.12. The van der Waals surface area contributed by atoms with Crippen LogP contribution in [0.15, 0.2) is 46.9 Å². The Bertz CT molecular complexity index is 571. The number of halogens is 2. The minimum absolute atomic E-state index is 0.122. The molecule has 106 valence electrons. The first kappa shape index (κ1) is 15.8. The van der Waals surface area contributed by atoms with E-state index in [1.807, 2.05) is 18.2 Å². The second-order valence-electron chi connectivity index (χ2n) is 4.57. The van der Waals surface area contributed by atoms with Crippen molar-refractivity contribution < 1.29 is 4.74 Å². The van der Waals surface area contributed by atoms with Crippen LogP contribution >= 0.6 is 38.5 Å². The van der Waals surface area contributed by atoms with Gasteiger partial charge in [-0.1, -0.05) is 25.1 Å². The normalized spacial score (nSPS) is 12.2. The van der Waals surface area contributed by atoms with Gasteiger partial charge in [-0.2, -0.15) is 0 Å². The van der Waals surface area contributed by atoms with Gasteiger partial charge in [-0.25, -0.2) is 0 Å². The summed E-state index contributed by atoms with van der Waals surface area (Å²) in [5.74, 6) is 0.866. The molecular weight excluding hydrogens is 429 g/mol. The van der Waals surface area contributed by atoms with Gasteiger partial charge >= 0.3 is 0 Å². The van der Waals surface area contributed by atoms with Gasteiger partial charge in [-0.15, -0.1) is 0 Å². The molecule has 0 spiro atoms. The Balaban J connectivity index is 2.20. The highest BCUT2D eigenvalue weighted by molar-refractivity contribution is 14.1. The third-order valence-corrected chi connectivity index (χ3v) is 4.34. The molecule has 0 aliphatic carbocycles. The standard InChI is InChI=1S/C16H17BrINO/c1-2-9-20-15-8-5-12(10-14(15)17)16(19)11-3-6-13(18)7-4-11/h3-8,10,16H,2,9,19H2,1H3. The van der Waals surface area contributed by atoms with E-state index >= 15 is 0 Å². The van der Waals surface area contributed by atoms with Gasteiger partial charge in [0.25, 0.3) is 0 Å². The zero-order chi connectivity index (χ0) is 14.5. The average molecular weight is 446 g/mol. The van der Waals surface area contributed by atoms with Crippen LogP contribution in [0.3, 0.4) is 0 Å². The van der Waals surface area contributed by atoms with Crippen LogP contribution in [0, 0.1) is 3.57 Å². The molecule has 2 aromatic carbocycles. The minimum atomic E-state index is -0.122. The first-order valence-corrected chi connectivity index (χ1v) is 8.42. The molecule has 0 radical (unpaired) electrons. The van der Waals surface area contributed by atoms with E-state index in [0.717, 1.165) is 34.4 Å². The lowest BCUT2D eigenvalue weighted by molar-refractivity contribution is 0.315. The van der Waals surface area contributed by atoms with Crippen LogP contribution in [-0.2, 0) is 0 Å². The van der Waals surface area contributed by atoms with Crippen LogP contribution in [0.25, 0.3) is 0 Å². The maximum Gasteiger partial charge on any atom is 0.133 e. The molecule has 2 aromatic rings. The number of hydrogen-bond donors (Lipinski definition) is 1. The van der Waals surface area contributed by atoms with E-state index in [1.165, 1.54) is 3.57 Å². The maximum atomic E-state index is 6.32. The molecule has 0 amide bonds. The lowest BCUT2D eigenvalue weighted by Gasteiger charge is -2.15. The Hall–Kier alpha value is -0.590.